The van der Waals surface area contributed by atoms with Gasteiger partial charge in [0.1, 0.15) is 0 Å². The van der Waals surface area contributed by atoms with Crippen LogP contribution >= 0.6 is 11.3 Å². The van der Waals surface area contributed by atoms with Gasteiger partial charge in [0, 0.05) is 10.9 Å². The van der Waals surface area contributed by atoms with Gasteiger partial charge < -0.3 is 4.74 Å². The summed E-state index contributed by atoms with van der Waals surface area (Å²) in [4.78, 5) is 16.0. The summed E-state index contributed by atoms with van der Waals surface area (Å²) in [5.74, 6) is -0.572. The Morgan fingerprint density at radius 2 is 2.27 bits per heavy atom. The average molecular weight is 321 g/mol. The van der Waals surface area contributed by atoms with Crippen molar-refractivity contribution in [2.45, 2.75) is 20.3 Å². The highest BCUT2D eigenvalue weighted by molar-refractivity contribution is 7.09. The SMILES string of the molecule is COc1ccc(/C(C)=N\NC(=O)Cc2csc(C)n2)cc1F. The number of halogens is 1. The van der Waals surface area contributed by atoms with E-state index in [1.54, 1.807) is 13.0 Å². The fourth-order valence-electron chi connectivity index (χ4n) is 1.80. The summed E-state index contributed by atoms with van der Waals surface area (Å²) >= 11 is 1.49. The number of hydrogen-bond acceptors (Lipinski definition) is 5. The molecule has 0 atom stereocenters. The lowest BCUT2D eigenvalue weighted by Crippen LogP contribution is -2.21. The van der Waals surface area contributed by atoms with Crippen LogP contribution < -0.4 is 10.2 Å². The molecule has 116 valence electrons. The van der Waals surface area contributed by atoms with Crippen LogP contribution in [0.3, 0.4) is 0 Å². The molecule has 0 aliphatic rings. The van der Waals surface area contributed by atoms with Gasteiger partial charge >= 0.3 is 0 Å². The predicted molar refractivity (Wildman–Crippen MR) is 83.9 cm³/mol. The Hall–Kier alpha value is -2.28. The fraction of sp³-hybridized carbons (Fsp3) is 0.267. The van der Waals surface area contributed by atoms with E-state index in [9.17, 15) is 9.18 Å². The van der Waals surface area contributed by atoms with Crippen molar-refractivity contribution in [3.63, 3.8) is 0 Å². The number of carbonyl (C=O) groups is 1. The molecule has 0 unspecified atom stereocenters. The molecule has 1 N–H and O–H groups in total. The number of ether oxygens (including phenoxy) is 1. The van der Waals surface area contributed by atoms with Crippen LogP contribution in [0.5, 0.6) is 5.75 Å². The minimum absolute atomic E-state index is 0.165. The van der Waals surface area contributed by atoms with Crippen molar-refractivity contribution in [2.24, 2.45) is 5.10 Å². The van der Waals surface area contributed by atoms with Gasteiger partial charge in [-0.15, -0.1) is 11.3 Å². The minimum Gasteiger partial charge on any atom is -0.494 e. The van der Waals surface area contributed by atoms with Crippen molar-refractivity contribution < 1.29 is 13.9 Å². The van der Waals surface area contributed by atoms with E-state index in [1.807, 2.05) is 12.3 Å². The van der Waals surface area contributed by atoms with E-state index >= 15 is 0 Å². The van der Waals surface area contributed by atoms with Crippen LogP contribution in [0.25, 0.3) is 0 Å². The Kier molecular flexibility index (Phi) is 5.21. The van der Waals surface area contributed by atoms with Gasteiger partial charge in [-0.2, -0.15) is 5.10 Å². The van der Waals surface area contributed by atoms with Crippen LogP contribution in [0.15, 0.2) is 28.7 Å². The lowest BCUT2D eigenvalue weighted by molar-refractivity contribution is -0.120. The summed E-state index contributed by atoms with van der Waals surface area (Å²) < 4.78 is 18.5. The van der Waals surface area contributed by atoms with Crippen LogP contribution in [0, 0.1) is 12.7 Å². The summed E-state index contributed by atoms with van der Waals surface area (Å²) in [7, 11) is 1.40. The Morgan fingerprint density at radius 1 is 1.50 bits per heavy atom. The molecule has 0 saturated heterocycles. The summed E-state index contributed by atoms with van der Waals surface area (Å²) in [5, 5.41) is 6.73. The number of methoxy groups -OCH3 is 1. The molecular weight excluding hydrogens is 305 g/mol. The Labute approximate surface area is 131 Å². The lowest BCUT2D eigenvalue weighted by Gasteiger charge is -2.05. The van der Waals surface area contributed by atoms with Gasteiger partial charge in [-0.05, 0) is 32.0 Å². The standard InChI is InChI=1S/C15H16FN3O2S/c1-9(11-4-5-14(21-3)13(16)6-11)18-19-15(20)7-12-8-22-10(2)17-12/h4-6,8H,7H2,1-3H3,(H,19,20)/b18-9-. The van der Waals surface area contributed by atoms with Crippen LogP contribution in [0.2, 0.25) is 0 Å². The third-order valence-corrected chi connectivity index (χ3v) is 3.75. The molecule has 0 radical (unpaired) electrons. The second-order valence-corrected chi connectivity index (χ2v) is 5.68. The van der Waals surface area contributed by atoms with E-state index in [2.05, 4.69) is 15.5 Å². The number of amides is 1. The first-order valence-corrected chi connectivity index (χ1v) is 7.45. The van der Waals surface area contributed by atoms with E-state index in [0.29, 0.717) is 17.0 Å². The normalized spacial score (nSPS) is 11.4. The number of carbonyl (C=O) groups excluding carboxylic acids is 1. The molecule has 0 spiro atoms. The van der Waals surface area contributed by atoms with Crippen LogP contribution in [-0.2, 0) is 11.2 Å². The van der Waals surface area contributed by atoms with E-state index in [0.717, 1.165) is 5.01 Å². The maximum atomic E-state index is 13.6. The summed E-state index contributed by atoms with van der Waals surface area (Å²) in [6.07, 6.45) is 0.165. The third-order valence-electron chi connectivity index (χ3n) is 2.93. The van der Waals surface area contributed by atoms with E-state index in [4.69, 9.17) is 4.74 Å². The second-order valence-electron chi connectivity index (χ2n) is 4.62. The molecule has 0 bridgehead atoms. The number of aryl methyl sites for hydroxylation is 1. The molecule has 0 aliphatic carbocycles. The van der Waals surface area contributed by atoms with Crippen LogP contribution in [0.4, 0.5) is 4.39 Å². The summed E-state index contributed by atoms with van der Waals surface area (Å²) in [6.45, 7) is 3.57. The minimum atomic E-state index is -0.473. The van der Waals surface area contributed by atoms with E-state index < -0.39 is 5.82 Å². The monoisotopic (exact) mass is 321 g/mol. The first-order valence-electron chi connectivity index (χ1n) is 6.57. The summed E-state index contributed by atoms with van der Waals surface area (Å²) in [5.41, 5.74) is 4.23. The molecule has 2 aromatic rings. The molecule has 7 heteroatoms. The highest BCUT2D eigenvalue weighted by atomic mass is 32.1. The highest BCUT2D eigenvalue weighted by Gasteiger charge is 2.08. The van der Waals surface area contributed by atoms with Crippen molar-refractivity contribution in [3.05, 3.63) is 45.7 Å². The highest BCUT2D eigenvalue weighted by Crippen LogP contribution is 2.18. The van der Waals surface area contributed by atoms with E-state index in [1.165, 1.54) is 30.6 Å². The van der Waals surface area contributed by atoms with Crippen LogP contribution in [-0.4, -0.2) is 23.7 Å². The zero-order chi connectivity index (χ0) is 16.1. The Morgan fingerprint density at radius 3 is 2.86 bits per heavy atom. The quantitative estimate of drug-likeness (QED) is 0.680. The average Bonchev–Trinajstić information content (AvgIpc) is 2.89. The molecule has 5 nitrogen and oxygen atoms in total. The smallest absolute Gasteiger partial charge is 0.246 e. The molecule has 1 aromatic heterocycles. The number of aromatic nitrogens is 1. The number of benzene rings is 1. The molecule has 0 aliphatic heterocycles. The first-order chi connectivity index (χ1) is 10.5. The third kappa shape index (κ3) is 4.11. The predicted octanol–water partition coefficient (Wildman–Crippen LogP) is 2.68. The van der Waals surface area contributed by atoms with Gasteiger partial charge in [0.25, 0.3) is 0 Å². The van der Waals surface area contributed by atoms with Crippen molar-refractivity contribution in [1.82, 2.24) is 10.4 Å². The zero-order valence-corrected chi connectivity index (χ0v) is 13.3. The largest absolute Gasteiger partial charge is 0.494 e. The Balaban J connectivity index is 1.99. The number of nitrogens with zero attached hydrogens (tertiary/aromatic N) is 2. The molecular formula is C15H16FN3O2S. The van der Waals surface area contributed by atoms with Gasteiger partial charge in [-0.1, -0.05) is 0 Å². The zero-order valence-electron chi connectivity index (χ0n) is 12.5. The first kappa shape index (κ1) is 16.1. The van der Waals surface area contributed by atoms with Gasteiger partial charge in [0.05, 0.1) is 29.9 Å². The van der Waals surface area contributed by atoms with Gasteiger partial charge in [0.2, 0.25) is 5.91 Å². The van der Waals surface area contributed by atoms with Crippen molar-refractivity contribution in [3.8, 4) is 5.75 Å². The maximum absolute atomic E-state index is 13.6. The molecule has 0 fully saturated rings. The molecule has 2 rings (SSSR count). The molecule has 1 amide bonds. The topological polar surface area (TPSA) is 63.6 Å². The van der Waals surface area contributed by atoms with Crippen LogP contribution in [0.1, 0.15) is 23.2 Å². The number of thiazole rings is 1. The van der Waals surface area contributed by atoms with Crippen molar-refractivity contribution in [1.29, 1.82) is 0 Å². The van der Waals surface area contributed by atoms with Gasteiger partial charge in [-0.25, -0.2) is 14.8 Å². The van der Waals surface area contributed by atoms with Gasteiger partial charge in [-0.3, -0.25) is 4.79 Å². The number of hydrogen-bond donors (Lipinski definition) is 1. The second kappa shape index (κ2) is 7.13. The number of hydrazone groups is 1. The molecule has 0 saturated carbocycles. The number of rotatable bonds is 5. The maximum Gasteiger partial charge on any atom is 0.246 e. The fourth-order valence-corrected chi connectivity index (χ4v) is 2.41. The molecule has 1 heterocycles. The van der Waals surface area contributed by atoms with Crippen molar-refractivity contribution in [2.75, 3.05) is 7.11 Å². The molecule has 22 heavy (non-hydrogen) atoms. The summed E-state index contributed by atoms with van der Waals surface area (Å²) in [6, 6.07) is 4.51. The molecule has 1 aromatic carbocycles. The number of nitrogens with one attached hydrogen (secondary N) is 1. The lowest BCUT2D eigenvalue weighted by atomic mass is 10.1. The Bertz CT molecular complexity index is 713. The van der Waals surface area contributed by atoms with E-state index in [-0.39, 0.29) is 18.1 Å². The van der Waals surface area contributed by atoms with Crippen molar-refractivity contribution >= 4 is 23.0 Å². The van der Waals surface area contributed by atoms with Gasteiger partial charge in [0.15, 0.2) is 11.6 Å².